The highest BCUT2D eigenvalue weighted by Gasteiger charge is 2.36. The summed E-state index contributed by atoms with van der Waals surface area (Å²) in [7, 11) is 0. The van der Waals surface area contributed by atoms with Gasteiger partial charge in [0.05, 0.1) is 22.5 Å². The van der Waals surface area contributed by atoms with Gasteiger partial charge in [-0.3, -0.25) is 24.6 Å². The lowest BCUT2D eigenvalue weighted by Crippen LogP contribution is -2.29. The van der Waals surface area contributed by atoms with E-state index in [9.17, 15) is 14.4 Å². The van der Waals surface area contributed by atoms with Gasteiger partial charge in [-0.15, -0.1) is 21.5 Å². The number of carbonyl (C=O) groups excluding carboxylic acids is 3. The maximum atomic E-state index is 13.0. The Morgan fingerprint density at radius 2 is 1.85 bits per heavy atom. The molecule has 0 saturated carbocycles. The zero-order chi connectivity index (χ0) is 23.2. The van der Waals surface area contributed by atoms with E-state index in [1.165, 1.54) is 40.9 Å². The highest BCUT2D eigenvalue weighted by Crippen LogP contribution is 2.34. The highest BCUT2D eigenvalue weighted by molar-refractivity contribution is 7.23. The van der Waals surface area contributed by atoms with E-state index in [0.29, 0.717) is 21.6 Å². The van der Waals surface area contributed by atoms with Crippen molar-refractivity contribution in [2.75, 3.05) is 12.1 Å². The molecule has 4 heterocycles. The minimum absolute atomic E-state index is 0.0841. The van der Waals surface area contributed by atoms with Crippen LogP contribution < -0.4 is 14.8 Å². The van der Waals surface area contributed by atoms with Crippen LogP contribution >= 0.6 is 22.7 Å². The molecule has 6 rings (SSSR count). The Hall–Kier alpha value is -4.09. The summed E-state index contributed by atoms with van der Waals surface area (Å²) in [6.07, 6.45) is 0. The van der Waals surface area contributed by atoms with Crippen LogP contribution in [0.2, 0.25) is 0 Å². The van der Waals surface area contributed by atoms with Crippen molar-refractivity contribution in [3.05, 3.63) is 76.2 Å². The van der Waals surface area contributed by atoms with Crippen molar-refractivity contribution in [1.82, 2.24) is 15.1 Å². The van der Waals surface area contributed by atoms with Crippen LogP contribution in [0.5, 0.6) is 11.5 Å². The Kier molecular flexibility index (Phi) is 4.85. The van der Waals surface area contributed by atoms with Gasteiger partial charge in [-0.25, -0.2) is 0 Å². The van der Waals surface area contributed by atoms with E-state index < -0.39 is 17.7 Å². The first-order valence-electron chi connectivity index (χ1n) is 10.1. The number of amides is 3. The second-order valence-electron chi connectivity index (χ2n) is 7.49. The minimum Gasteiger partial charge on any atom is -0.454 e. The molecule has 2 aliphatic heterocycles. The molecule has 0 saturated heterocycles. The van der Waals surface area contributed by atoms with Crippen LogP contribution in [-0.2, 0) is 6.54 Å². The van der Waals surface area contributed by atoms with E-state index in [1.807, 2.05) is 17.5 Å². The molecule has 0 fully saturated rings. The first-order valence-corrected chi connectivity index (χ1v) is 11.8. The number of carbonyl (C=O) groups is 3. The summed E-state index contributed by atoms with van der Waals surface area (Å²) in [6.45, 7) is 0.226. The normalized spacial score (nSPS) is 13.9. The van der Waals surface area contributed by atoms with Gasteiger partial charge in [-0.05, 0) is 47.3 Å². The molecular formula is C23H14N4O5S2. The fourth-order valence-corrected chi connectivity index (χ4v) is 5.27. The third kappa shape index (κ3) is 3.51. The summed E-state index contributed by atoms with van der Waals surface area (Å²) >= 11 is 2.79. The number of hydrogen-bond donors (Lipinski definition) is 1. The first-order chi connectivity index (χ1) is 16.6. The molecule has 2 aliphatic rings. The summed E-state index contributed by atoms with van der Waals surface area (Å²) in [4.78, 5) is 40.8. The Labute approximate surface area is 200 Å². The molecule has 2 aromatic heterocycles. The maximum Gasteiger partial charge on any atom is 0.261 e. The lowest BCUT2D eigenvalue weighted by Gasteiger charge is -2.14. The van der Waals surface area contributed by atoms with Gasteiger partial charge in [0.2, 0.25) is 11.9 Å². The zero-order valence-electron chi connectivity index (χ0n) is 17.3. The molecule has 34 heavy (non-hydrogen) atoms. The number of fused-ring (bicyclic) bond motifs is 2. The number of anilines is 1. The molecular weight excluding hydrogens is 476 g/mol. The molecule has 4 aromatic rings. The Balaban J connectivity index is 1.20. The van der Waals surface area contributed by atoms with Gasteiger partial charge in [-0.2, -0.15) is 0 Å². The number of benzene rings is 2. The van der Waals surface area contributed by atoms with Crippen molar-refractivity contribution < 1.29 is 23.9 Å². The topological polar surface area (TPSA) is 111 Å². The van der Waals surface area contributed by atoms with Gasteiger partial charge in [0.25, 0.3) is 17.7 Å². The molecule has 1 N–H and O–H groups in total. The standard InChI is InChI=1S/C23H14N4O5S2/c28-19(24-23-26-25-20(34-23)18-2-1-7-33-18)13-4-5-14-15(9-13)22(30)27(21(14)29)10-12-3-6-16-17(8-12)32-11-31-16/h1-9H,10-11H2,(H,24,26,28). The van der Waals surface area contributed by atoms with Crippen molar-refractivity contribution in [3.8, 4) is 21.4 Å². The molecule has 0 atom stereocenters. The van der Waals surface area contributed by atoms with Crippen LogP contribution in [0.4, 0.5) is 5.13 Å². The van der Waals surface area contributed by atoms with Gasteiger partial charge in [0.15, 0.2) is 16.5 Å². The van der Waals surface area contributed by atoms with Crippen LogP contribution in [0, 0.1) is 0 Å². The SMILES string of the molecule is O=C(Nc1nnc(-c2cccs2)s1)c1ccc2c(c1)C(=O)N(Cc1ccc3c(c1)OCO3)C2=O. The molecule has 11 heteroatoms. The van der Waals surface area contributed by atoms with Crippen LogP contribution in [0.25, 0.3) is 9.88 Å². The lowest BCUT2D eigenvalue weighted by atomic mass is 10.1. The van der Waals surface area contributed by atoms with Crippen LogP contribution in [0.1, 0.15) is 36.6 Å². The Morgan fingerprint density at radius 3 is 2.71 bits per heavy atom. The molecule has 0 aliphatic carbocycles. The Bertz CT molecular complexity index is 1460. The van der Waals surface area contributed by atoms with Gasteiger partial charge in [0.1, 0.15) is 0 Å². The van der Waals surface area contributed by atoms with Gasteiger partial charge in [0, 0.05) is 5.56 Å². The largest absolute Gasteiger partial charge is 0.454 e. The predicted octanol–water partition coefficient (Wildman–Crippen LogP) is 4.04. The summed E-state index contributed by atoms with van der Waals surface area (Å²) < 4.78 is 10.7. The van der Waals surface area contributed by atoms with Crippen LogP contribution in [0.3, 0.4) is 0 Å². The van der Waals surface area contributed by atoms with Crippen LogP contribution in [0.15, 0.2) is 53.9 Å². The third-order valence-corrected chi connectivity index (χ3v) is 7.27. The average Bonchev–Trinajstić information content (AvgIpc) is 3.64. The van der Waals surface area contributed by atoms with Crippen molar-refractivity contribution in [1.29, 1.82) is 0 Å². The number of imide groups is 1. The fourth-order valence-electron chi connectivity index (χ4n) is 3.74. The summed E-state index contributed by atoms with van der Waals surface area (Å²) in [5.74, 6) is -0.101. The number of ether oxygens (including phenoxy) is 2. The van der Waals surface area contributed by atoms with Crippen molar-refractivity contribution in [2.45, 2.75) is 6.54 Å². The minimum atomic E-state index is -0.455. The summed E-state index contributed by atoms with van der Waals surface area (Å²) in [6, 6.07) is 13.6. The first kappa shape index (κ1) is 20.5. The highest BCUT2D eigenvalue weighted by atomic mass is 32.1. The van der Waals surface area contributed by atoms with E-state index in [-0.39, 0.29) is 30.0 Å². The second kappa shape index (κ2) is 8.04. The van der Waals surface area contributed by atoms with Crippen molar-refractivity contribution in [3.63, 3.8) is 0 Å². The number of thiophene rings is 1. The lowest BCUT2D eigenvalue weighted by molar-refractivity contribution is 0.0642. The van der Waals surface area contributed by atoms with E-state index in [4.69, 9.17) is 9.47 Å². The average molecular weight is 491 g/mol. The van der Waals surface area contributed by atoms with Crippen molar-refractivity contribution >= 4 is 45.5 Å². The molecule has 0 unspecified atom stereocenters. The molecule has 0 bridgehead atoms. The van der Waals surface area contributed by atoms with Crippen LogP contribution in [-0.4, -0.2) is 39.6 Å². The van der Waals surface area contributed by atoms with E-state index in [2.05, 4.69) is 15.5 Å². The van der Waals surface area contributed by atoms with Gasteiger partial charge in [-0.1, -0.05) is 23.5 Å². The number of rotatable bonds is 5. The maximum absolute atomic E-state index is 13.0. The molecule has 0 radical (unpaired) electrons. The van der Waals surface area contributed by atoms with E-state index >= 15 is 0 Å². The van der Waals surface area contributed by atoms with E-state index in [0.717, 1.165) is 15.3 Å². The quantitative estimate of drug-likeness (QED) is 0.420. The zero-order valence-corrected chi connectivity index (χ0v) is 18.9. The smallest absolute Gasteiger partial charge is 0.261 e. The fraction of sp³-hybridized carbons (Fsp3) is 0.0870. The summed E-state index contributed by atoms with van der Waals surface area (Å²) in [5, 5.41) is 13.8. The molecule has 9 nitrogen and oxygen atoms in total. The molecule has 3 amide bonds. The number of nitrogens with zero attached hydrogens (tertiary/aromatic N) is 3. The van der Waals surface area contributed by atoms with E-state index in [1.54, 1.807) is 18.2 Å². The predicted molar refractivity (Wildman–Crippen MR) is 124 cm³/mol. The van der Waals surface area contributed by atoms with Gasteiger partial charge < -0.3 is 9.47 Å². The third-order valence-electron chi connectivity index (χ3n) is 5.39. The second-order valence-corrected chi connectivity index (χ2v) is 9.41. The number of nitrogens with one attached hydrogen (secondary N) is 1. The molecule has 2 aromatic carbocycles. The monoisotopic (exact) mass is 490 g/mol. The summed E-state index contributed by atoms with van der Waals surface area (Å²) in [5.41, 5.74) is 1.43. The van der Waals surface area contributed by atoms with Gasteiger partial charge >= 0.3 is 0 Å². The molecule has 168 valence electrons. The molecule has 0 spiro atoms. The Morgan fingerprint density at radius 1 is 1.00 bits per heavy atom. The number of aromatic nitrogens is 2. The number of hydrogen-bond acceptors (Lipinski definition) is 9. The van der Waals surface area contributed by atoms with Crippen molar-refractivity contribution in [2.24, 2.45) is 0 Å².